The Hall–Kier alpha value is -2.40. The van der Waals surface area contributed by atoms with Gasteiger partial charge in [-0.25, -0.2) is 4.98 Å². The van der Waals surface area contributed by atoms with Crippen LogP contribution in [0.4, 0.5) is 11.5 Å². The van der Waals surface area contributed by atoms with Crippen molar-refractivity contribution in [2.75, 3.05) is 23.3 Å². The number of carbonyl (C=O) groups is 1. The third-order valence-electron chi connectivity index (χ3n) is 5.56. The summed E-state index contributed by atoms with van der Waals surface area (Å²) in [5.41, 5.74) is 2.17. The molecular weight excluding hydrogens is 366 g/mol. The highest BCUT2D eigenvalue weighted by Gasteiger charge is 2.26. The van der Waals surface area contributed by atoms with Gasteiger partial charge >= 0.3 is 0 Å². The number of fused-ring (bicyclic) bond motifs is 1. The first-order valence-electron chi connectivity index (χ1n) is 10.0. The molecule has 0 bridgehead atoms. The summed E-state index contributed by atoms with van der Waals surface area (Å²) >= 11 is 1.81. The van der Waals surface area contributed by atoms with E-state index in [2.05, 4.69) is 60.2 Å². The molecule has 1 aromatic carbocycles. The number of hydrogen-bond acceptors (Lipinski definition) is 4. The summed E-state index contributed by atoms with van der Waals surface area (Å²) < 4.78 is 1.28. The number of aromatic nitrogens is 1. The number of benzene rings is 1. The Morgan fingerprint density at radius 1 is 1.18 bits per heavy atom. The second-order valence-electron chi connectivity index (χ2n) is 7.93. The molecule has 4 rings (SSSR count). The molecule has 1 fully saturated rings. The van der Waals surface area contributed by atoms with E-state index in [0.29, 0.717) is 5.92 Å². The normalized spacial score (nSPS) is 15.4. The summed E-state index contributed by atoms with van der Waals surface area (Å²) in [6.45, 7) is 8.22. The maximum Gasteiger partial charge on any atom is 0.227 e. The summed E-state index contributed by atoms with van der Waals surface area (Å²) in [5, 5.41) is 4.33. The number of nitrogens with one attached hydrogen (secondary N) is 1. The lowest BCUT2D eigenvalue weighted by Crippen LogP contribution is -2.38. The molecule has 0 unspecified atom stereocenters. The van der Waals surface area contributed by atoms with Crippen LogP contribution in [-0.4, -0.2) is 24.0 Å². The highest BCUT2D eigenvalue weighted by atomic mass is 32.1. The molecule has 3 aromatic rings. The molecule has 0 saturated carbocycles. The number of nitrogens with zero attached hydrogens (tertiary/aromatic N) is 2. The SMILES string of the molecule is Cc1cc2c(N3CCC(C(=O)Nc4ccc(C(C)C)cc4)CC3)nccc2s1. The van der Waals surface area contributed by atoms with E-state index in [9.17, 15) is 4.79 Å². The van der Waals surface area contributed by atoms with Gasteiger partial charge in [-0.3, -0.25) is 4.79 Å². The van der Waals surface area contributed by atoms with Crippen molar-refractivity contribution in [3.05, 3.63) is 53.0 Å². The van der Waals surface area contributed by atoms with Gasteiger partial charge in [0.2, 0.25) is 5.91 Å². The number of rotatable bonds is 4. The van der Waals surface area contributed by atoms with Crippen LogP contribution in [0.1, 0.15) is 43.0 Å². The molecule has 2 aromatic heterocycles. The number of aryl methyl sites for hydroxylation is 1. The minimum atomic E-state index is 0.0597. The Balaban J connectivity index is 1.38. The van der Waals surface area contributed by atoms with Crippen LogP contribution >= 0.6 is 11.3 Å². The zero-order chi connectivity index (χ0) is 19.7. The summed E-state index contributed by atoms with van der Waals surface area (Å²) in [6.07, 6.45) is 3.61. The lowest BCUT2D eigenvalue weighted by Gasteiger charge is -2.32. The van der Waals surface area contributed by atoms with Gasteiger partial charge in [-0.2, -0.15) is 0 Å². The summed E-state index contributed by atoms with van der Waals surface area (Å²) in [6, 6.07) is 12.5. The number of carbonyl (C=O) groups excluding carboxylic acids is 1. The van der Waals surface area contributed by atoms with Crippen molar-refractivity contribution in [1.82, 2.24) is 4.98 Å². The van der Waals surface area contributed by atoms with Gasteiger partial charge in [-0.1, -0.05) is 26.0 Å². The fraction of sp³-hybridized carbons (Fsp3) is 0.391. The molecule has 1 amide bonds. The molecule has 1 N–H and O–H groups in total. The van der Waals surface area contributed by atoms with Crippen molar-refractivity contribution in [3.63, 3.8) is 0 Å². The Bertz CT molecular complexity index is 969. The van der Waals surface area contributed by atoms with Gasteiger partial charge in [-0.15, -0.1) is 11.3 Å². The van der Waals surface area contributed by atoms with Gasteiger partial charge in [-0.05, 0) is 55.5 Å². The van der Waals surface area contributed by atoms with Crippen LogP contribution < -0.4 is 10.2 Å². The predicted octanol–water partition coefficient (Wildman–Crippen LogP) is 5.58. The Morgan fingerprint density at radius 3 is 2.57 bits per heavy atom. The average molecular weight is 394 g/mol. The van der Waals surface area contributed by atoms with Crippen molar-refractivity contribution in [3.8, 4) is 0 Å². The van der Waals surface area contributed by atoms with E-state index < -0.39 is 0 Å². The molecule has 0 radical (unpaired) electrons. The van der Waals surface area contributed by atoms with E-state index in [1.54, 1.807) is 0 Å². The molecule has 1 saturated heterocycles. The van der Waals surface area contributed by atoms with E-state index in [1.165, 1.54) is 20.5 Å². The largest absolute Gasteiger partial charge is 0.356 e. The van der Waals surface area contributed by atoms with E-state index in [0.717, 1.165) is 37.4 Å². The predicted molar refractivity (Wildman–Crippen MR) is 118 cm³/mol. The Labute approximate surface area is 170 Å². The van der Waals surface area contributed by atoms with Crippen LogP contribution in [0.2, 0.25) is 0 Å². The summed E-state index contributed by atoms with van der Waals surface area (Å²) in [4.78, 5) is 21.0. The first kappa shape index (κ1) is 18.9. The topological polar surface area (TPSA) is 45.2 Å². The number of hydrogen-bond donors (Lipinski definition) is 1. The smallest absolute Gasteiger partial charge is 0.227 e. The summed E-state index contributed by atoms with van der Waals surface area (Å²) in [7, 11) is 0. The fourth-order valence-corrected chi connectivity index (χ4v) is 4.79. The number of amides is 1. The molecule has 1 aliphatic rings. The van der Waals surface area contributed by atoms with Crippen molar-refractivity contribution < 1.29 is 4.79 Å². The molecule has 5 heteroatoms. The van der Waals surface area contributed by atoms with Crippen LogP contribution in [0.25, 0.3) is 10.1 Å². The maximum absolute atomic E-state index is 12.7. The first-order chi connectivity index (χ1) is 13.5. The molecule has 4 nitrogen and oxygen atoms in total. The monoisotopic (exact) mass is 393 g/mol. The Morgan fingerprint density at radius 2 is 1.89 bits per heavy atom. The number of piperidine rings is 1. The van der Waals surface area contributed by atoms with Gasteiger partial charge in [0.05, 0.1) is 0 Å². The van der Waals surface area contributed by atoms with Crippen LogP contribution in [0, 0.1) is 12.8 Å². The van der Waals surface area contributed by atoms with E-state index >= 15 is 0 Å². The van der Waals surface area contributed by atoms with Gasteiger partial charge in [0.15, 0.2) is 0 Å². The second-order valence-corrected chi connectivity index (χ2v) is 9.22. The molecule has 0 atom stereocenters. The molecule has 3 heterocycles. The number of pyridine rings is 1. The molecule has 146 valence electrons. The molecule has 0 spiro atoms. The van der Waals surface area contributed by atoms with Crippen molar-refractivity contribution in [2.45, 2.75) is 39.5 Å². The van der Waals surface area contributed by atoms with Crippen molar-refractivity contribution in [2.24, 2.45) is 5.92 Å². The standard InChI is InChI=1S/C23H27N3OS/c1-15(2)17-4-6-19(7-5-17)25-23(27)18-9-12-26(13-10-18)22-20-14-16(3)28-21(20)8-11-24-22/h4-8,11,14-15,18H,9-10,12-13H2,1-3H3,(H,25,27). The zero-order valence-electron chi connectivity index (χ0n) is 16.7. The van der Waals surface area contributed by atoms with Crippen molar-refractivity contribution >= 4 is 38.8 Å². The summed E-state index contributed by atoms with van der Waals surface area (Å²) in [5.74, 6) is 1.75. The molecular formula is C23H27N3OS. The Kier molecular flexibility index (Phi) is 5.36. The van der Waals surface area contributed by atoms with Gasteiger partial charge in [0.1, 0.15) is 5.82 Å². The van der Waals surface area contributed by atoms with E-state index in [1.807, 2.05) is 29.7 Å². The first-order valence-corrected chi connectivity index (χ1v) is 10.8. The highest BCUT2D eigenvalue weighted by molar-refractivity contribution is 7.19. The van der Waals surface area contributed by atoms with Gasteiger partial charge in [0, 0.05) is 45.9 Å². The second kappa shape index (κ2) is 7.92. The highest BCUT2D eigenvalue weighted by Crippen LogP contribution is 2.33. The minimum absolute atomic E-state index is 0.0597. The zero-order valence-corrected chi connectivity index (χ0v) is 17.6. The van der Waals surface area contributed by atoms with Crippen LogP contribution in [0.3, 0.4) is 0 Å². The molecule has 1 aliphatic heterocycles. The maximum atomic E-state index is 12.7. The van der Waals surface area contributed by atoms with E-state index in [4.69, 9.17) is 0 Å². The average Bonchev–Trinajstić information content (AvgIpc) is 3.08. The third kappa shape index (κ3) is 3.90. The molecule has 0 aliphatic carbocycles. The quantitative estimate of drug-likeness (QED) is 0.629. The van der Waals surface area contributed by atoms with Crippen LogP contribution in [0.15, 0.2) is 42.6 Å². The third-order valence-corrected chi connectivity index (χ3v) is 6.57. The number of thiophene rings is 1. The lowest BCUT2D eigenvalue weighted by molar-refractivity contribution is -0.120. The van der Waals surface area contributed by atoms with Crippen molar-refractivity contribution in [1.29, 1.82) is 0 Å². The molecule has 28 heavy (non-hydrogen) atoms. The van der Waals surface area contributed by atoms with Gasteiger partial charge < -0.3 is 10.2 Å². The van der Waals surface area contributed by atoms with E-state index in [-0.39, 0.29) is 11.8 Å². The van der Waals surface area contributed by atoms with Crippen LogP contribution in [-0.2, 0) is 4.79 Å². The number of anilines is 2. The fourth-order valence-electron chi connectivity index (χ4n) is 3.88. The van der Waals surface area contributed by atoms with Gasteiger partial charge in [0.25, 0.3) is 0 Å². The minimum Gasteiger partial charge on any atom is -0.356 e. The lowest BCUT2D eigenvalue weighted by atomic mass is 9.95. The van der Waals surface area contributed by atoms with Crippen LogP contribution in [0.5, 0.6) is 0 Å².